The van der Waals surface area contributed by atoms with Crippen LogP contribution in [0.2, 0.25) is 5.02 Å². The predicted molar refractivity (Wildman–Crippen MR) is 272 cm³/mol. The molecule has 4 aromatic carbocycles. The van der Waals surface area contributed by atoms with Crippen LogP contribution < -0.4 is 20.3 Å². The number of carbonyl (C=O) groups is 1. The van der Waals surface area contributed by atoms with Crippen LogP contribution in [0.25, 0.3) is 5.57 Å². The summed E-state index contributed by atoms with van der Waals surface area (Å²) in [7, 11) is 0. The van der Waals surface area contributed by atoms with Gasteiger partial charge in [-0.15, -0.1) is 11.8 Å². The molecular formula is C50H68ClN7O5S2. The van der Waals surface area contributed by atoms with Crippen molar-refractivity contribution in [1.82, 2.24) is 19.8 Å². The number of allylic oxidation sites excluding steroid dienone is 1. The van der Waals surface area contributed by atoms with E-state index in [1.54, 1.807) is 29.5 Å². The van der Waals surface area contributed by atoms with E-state index in [1.165, 1.54) is 56.1 Å². The number of amides is 1. The highest BCUT2D eigenvalue weighted by Gasteiger charge is 2.29. The zero-order valence-electron chi connectivity index (χ0n) is 38.6. The predicted octanol–water partition coefficient (Wildman–Crippen LogP) is 11.2. The minimum atomic E-state index is -0.399. The maximum atomic E-state index is 13.0. The number of thioether (sulfide) groups is 1. The Balaban J connectivity index is 0.000000488. The van der Waals surface area contributed by atoms with Crippen molar-refractivity contribution in [1.29, 1.82) is 0 Å². The number of benzene rings is 4. The first kappa shape index (κ1) is 51.9. The summed E-state index contributed by atoms with van der Waals surface area (Å²) in [4.78, 5) is 33.6. The van der Waals surface area contributed by atoms with Crippen molar-refractivity contribution in [2.24, 2.45) is 5.41 Å². The van der Waals surface area contributed by atoms with Crippen molar-refractivity contribution in [3.05, 3.63) is 129 Å². The SMILES string of the molecule is CC1(C)CCC(c2ccc(Cl)cc2)=C(CN2CCN(c3ccc(C(=O)NSc4ccc(NCCSc5ccccc5)c([N+](=O)[O-])c4)cc3)CC2)C1.CCN1CCC(NC(C)C)CC1.OO. The molecule has 7 rings (SSSR count). The summed E-state index contributed by atoms with van der Waals surface area (Å²) in [5.74, 6) is 0.520. The molecule has 1 aliphatic carbocycles. The van der Waals surface area contributed by atoms with Gasteiger partial charge in [-0.1, -0.05) is 82.1 Å². The molecule has 0 unspecified atom stereocenters. The Hall–Kier alpha value is -4.12. The van der Waals surface area contributed by atoms with Crippen LogP contribution in [0, 0.1) is 15.5 Å². The lowest BCUT2D eigenvalue weighted by atomic mass is 9.73. The number of nitrogens with zero attached hydrogens (tertiary/aromatic N) is 4. The number of nitro benzene ring substituents is 1. The average Bonchev–Trinajstić information content (AvgIpc) is 3.31. The molecule has 1 amide bonds. The second-order valence-corrected chi connectivity index (χ2v) is 20.3. The molecule has 12 nitrogen and oxygen atoms in total. The molecule has 4 aromatic rings. The first-order valence-corrected chi connectivity index (χ1v) is 24.9. The molecule has 2 aliphatic heterocycles. The van der Waals surface area contributed by atoms with Gasteiger partial charge in [-0.2, -0.15) is 0 Å². The Morgan fingerprint density at radius 1 is 0.892 bits per heavy atom. The number of hydrogen-bond donors (Lipinski definition) is 5. The third-order valence-electron chi connectivity index (χ3n) is 12.1. The summed E-state index contributed by atoms with van der Waals surface area (Å²) in [6.07, 6.45) is 6.05. The van der Waals surface area contributed by atoms with E-state index in [9.17, 15) is 14.9 Å². The van der Waals surface area contributed by atoms with Gasteiger partial charge in [0.25, 0.3) is 11.6 Å². The van der Waals surface area contributed by atoms with E-state index in [4.69, 9.17) is 22.1 Å². The number of nitro groups is 1. The summed E-state index contributed by atoms with van der Waals surface area (Å²) in [5.41, 5.74) is 6.70. The molecule has 2 saturated heterocycles. The number of carbonyl (C=O) groups excluding carboxylic acids is 1. The summed E-state index contributed by atoms with van der Waals surface area (Å²) in [6.45, 7) is 20.6. The van der Waals surface area contributed by atoms with Gasteiger partial charge in [0, 0.05) is 89.2 Å². The van der Waals surface area contributed by atoms with E-state index in [-0.39, 0.29) is 11.6 Å². The van der Waals surface area contributed by atoms with Crippen molar-refractivity contribution >= 4 is 63.9 Å². The molecule has 0 atom stereocenters. The molecule has 0 bridgehead atoms. The number of rotatable bonds is 16. The van der Waals surface area contributed by atoms with Gasteiger partial charge in [0.1, 0.15) is 5.69 Å². The van der Waals surface area contributed by atoms with E-state index in [1.807, 2.05) is 66.7 Å². The molecule has 0 radical (unpaired) electrons. The maximum absolute atomic E-state index is 13.0. The van der Waals surface area contributed by atoms with Gasteiger partial charge in [0.05, 0.1) is 4.92 Å². The monoisotopic (exact) mass is 945 g/mol. The van der Waals surface area contributed by atoms with Crippen LogP contribution in [0.3, 0.4) is 0 Å². The number of piperazine rings is 1. The summed E-state index contributed by atoms with van der Waals surface area (Å²) in [6, 6.07) is 32.4. The summed E-state index contributed by atoms with van der Waals surface area (Å²) in [5, 5.41) is 31.4. The maximum Gasteiger partial charge on any atom is 0.293 e. The molecule has 0 aromatic heterocycles. The van der Waals surface area contributed by atoms with Crippen molar-refractivity contribution in [2.75, 3.05) is 74.9 Å². The molecule has 2 heterocycles. The van der Waals surface area contributed by atoms with Crippen LogP contribution in [-0.2, 0) is 0 Å². The number of likely N-dealkylation sites (tertiary alicyclic amines) is 1. The standard InChI is InChI=1S/C40H44ClN5O3S2.C10H22N2.H2O2/c1-40(2)19-18-36(29-8-12-32(41)13-9-29)31(27-40)28-44-21-23-45(24-22-44)33-14-10-30(11-15-33)39(47)43-51-35-16-17-37(38(26-35)46(48)49)42-20-25-50-34-6-4-3-5-7-34;1-4-12-7-5-10(6-8-12)11-9(2)3;1-2/h3-17,26,42H,18-25,27-28H2,1-2H3,(H,43,47);9-11H,4-8H2,1-3H3;1-2H. The third kappa shape index (κ3) is 16.6. The summed E-state index contributed by atoms with van der Waals surface area (Å²) >= 11 is 8.95. The van der Waals surface area contributed by atoms with Crippen molar-refractivity contribution < 1.29 is 20.2 Å². The van der Waals surface area contributed by atoms with Gasteiger partial charge in [0.2, 0.25) is 0 Å². The first-order chi connectivity index (χ1) is 31.4. The van der Waals surface area contributed by atoms with Gasteiger partial charge in [-0.3, -0.25) is 35.0 Å². The minimum absolute atomic E-state index is 0.0234. The molecule has 15 heteroatoms. The molecule has 352 valence electrons. The largest absolute Gasteiger partial charge is 0.379 e. The van der Waals surface area contributed by atoms with Crippen molar-refractivity contribution in [3.8, 4) is 0 Å². The average molecular weight is 947 g/mol. The Bertz CT molecular complexity index is 2110. The topological polar surface area (TPSA) is 146 Å². The Kier molecular flexibility index (Phi) is 21.0. The lowest BCUT2D eigenvalue weighted by Crippen LogP contribution is -2.47. The molecule has 65 heavy (non-hydrogen) atoms. The smallest absolute Gasteiger partial charge is 0.293 e. The second-order valence-electron chi connectivity index (χ2n) is 17.8. The van der Waals surface area contributed by atoms with E-state index in [0.717, 1.165) is 84.9 Å². The number of nitrogens with one attached hydrogen (secondary N) is 3. The van der Waals surface area contributed by atoms with Gasteiger partial charge in [-0.05, 0) is 141 Å². The van der Waals surface area contributed by atoms with Crippen LogP contribution in [-0.4, -0.2) is 108 Å². The molecule has 2 fully saturated rings. The number of hydrogen-bond acceptors (Lipinski definition) is 12. The number of piperidine rings is 1. The van der Waals surface area contributed by atoms with E-state index >= 15 is 0 Å². The Morgan fingerprint density at radius 2 is 1.57 bits per heavy atom. The number of halogens is 1. The minimum Gasteiger partial charge on any atom is -0.379 e. The highest BCUT2D eigenvalue weighted by Crippen LogP contribution is 2.43. The molecule has 0 spiro atoms. The molecule has 5 N–H and O–H groups in total. The Labute approximate surface area is 399 Å². The first-order valence-electron chi connectivity index (χ1n) is 22.8. The zero-order valence-corrected chi connectivity index (χ0v) is 41.0. The van der Waals surface area contributed by atoms with Crippen LogP contribution in [0.4, 0.5) is 17.1 Å². The second kappa shape index (κ2) is 26.3. The summed E-state index contributed by atoms with van der Waals surface area (Å²) < 4.78 is 2.84. The lowest BCUT2D eigenvalue weighted by molar-refractivity contribution is -0.384. The normalized spacial score (nSPS) is 16.8. The van der Waals surface area contributed by atoms with Crippen molar-refractivity contribution in [2.45, 2.75) is 88.6 Å². The molecule has 0 saturated carbocycles. The van der Waals surface area contributed by atoms with Crippen molar-refractivity contribution in [3.63, 3.8) is 0 Å². The lowest BCUT2D eigenvalue weighted by Gasteiger charge is -2.39. The molecular weight excluding hydrogens is 878 g/mol. The highest BCUT2D eigenvalue weighted by atomic mass is 35.5. The third-order valence-corrected chi connectivity index (χ3v) is 14.1. The van der Waals surface area contributed by atoms with Crippen LogP contribution in [0.5, 0.6) is 0 Å². The fourth-order valence-corrected chi connectivity index (χ4v) is 10.2. The van der Waals surface area contributed by atoms with E-state index in [2.05, 4.69) is 76.8 Å². The highest BCUT2D eigenvalue weighted by molar-refractivity contribution is 7.99. The Morgan fingerprint density at radius 3 is 2.20 bits per heavy atom. The van der Waals surface area contributed by atoms with E-state index < -0.39 is 4.92 Å². The van der Waals surface area contributed by atoms with Gasteiger partial charge in [0.15, 0.2) is 0 Å². The quantitative estimate of drug-likeness (QED) is 0.0182. The van der Waals surface area contributed by atoms with E-state index in [0.29, 0.717) is 34.1 Å². The zero-order chi connectivity index (χ0) is 46.8. The van der Waals surface area contributed by atoms with Crippen LogP contribution in [0.1, 0.15) is 82.6 Å². The fourth-order valence-electron chi connectivity index (χ4n) is 8.62. The van der Waals surface area contributed by atoms with Gasteiger partial charge < -0.3 is 20.4 Å². The van der Waals surface area contributed by atoms with Gasteiger partial charge >= 0.3 is 0 Å². The molecule has 3 aliphatic rings. The van der Waals surface area contributed by atoms with Gasteiger partial charge in [-0.25, -0.2) is 0 Å². The van der Waals surface area contributed by atoms with Crippen LogP contribution >= 0.6 is 35.3 Å². The fraction of sp³-hybridized carbons (Fsp3) is 0.460. The number of anilines is 2. The van der Waals surface area contributed by atoms with Crippen LogP contribution in [0.15, 0.2) is 112 Å².